The summed E-state index contributed by atoms with van der Waals surface area (Å²) in [5.74, 6) is 2.60. The van der Waals surface area contributed by atoms with Gasteiger partial charge in [-0.1, -0.05) is 84.9 Å². The molecule has 2 aromatic heterocycles. The largest absolute Gasteiger partial charge is 0.384 e. The van der Waals surface area contributed by atoms with Crippen molar-refractivity contribution in [1.29, 1.82) is 0 Å². The molecule has 0 spiro atoms. The van der Waals surface area contributed by atoms with Crippen LogP contribution in [0.1, 0.15) is 124 Å². The Hall–Kier alpha value is -6.80. The molecule has 4 aliphatic carbocycles. The second-order valence-corrected chi connectivity index (χ2v) is 16.7. The third kappa shape index (κ3) is 7.27. The molecule has 0 saturated carbocycles. The molecule has 0 aliphatic heterocycles. The molecule has 0 saturated heterocycles. The highest BCUT2D eigenvalue weighted by molar-refractivity contribution is 5.96. The number of amides is 2. The monoisotopic (exact) mass is 790 g/mol. The predicted octanol–water partition coefficient (Wildman–Crippen LogP) is 9.76. The summed E-state index contributed by atoms with van der Waals surface area (Å²) in [5.41, 5.74) is 29.6. The molecule has 8 nitrogen and oxygen atoms in total. The number of aryl methyl sites for hydroxylation is 4. The highest BCUT2D eigenvalue weighted by atomic mass is 16.2. The number of aromatic nitrogens is 2. The maximum atomic E-state index is 12.9. The molecule has 4 bridgehead atoms. The van der Waals surface area contributed by atoms with Crippen LogP contribution in [0.2, 0.25) is 0 Å². The Bertz CT molecular complexity index is 2690. The minimum atomic E-state index is -0.0542. The number of rotatable bonds is 8. The van der Waals surface area contributed by atoms with Crippen LogP contribution in [0.15, 0.2) is 121 Å². The van der Waals surface area contributed by atoms with E-state index in [0.29, 0.717) is 54.0 Å². The van der Waals surface area contributed by atoms with Gasteiger partial charge in [0.05, 0.1) is 0 Å². The highest BCUT2D eigenvalue weighted by Crippen LogP contribution is 2.56. The van der Waals surface area contributed by atoms with Crippen molar-refractivity contribution in [2.45, 2.75) is 77.3 Å². The molecule has 6 aromatic rings. The van der Waals surface area contributed by atoms with E-state index < -0.39 is 0 Å². The lowest BCUT2D eigenvalue weighted by Crippen LogP contribution is -2.24. The number of carbonyl (C=O) groups excluding carboxylic acids is 2. The van der Waals surface area contributed by atoms with Gasteiger partial charge in [0, 0.05) is 59.3 Å². The summed E-state index contributed by atoms with van der Waals surface area (Å²) in [4.78, 5) is 34.3. The molecule has 4 aromatic carbocycles. The van der Waals surface area contributed by atoms with Crippen molar-refractivity contribution < 1.29 is 9.59 Å². The van der Waals surface area contributed by atoms with Crippen molar-refractivity contribution >= 4 is 34.6 Å². The van der Waals surface area contributed by atoms with Crippen LogP contribution in [0.4, 0.5) is 11.6 Å². The Balaban J connectivity index is 0.000000154. The number of nitrogens with zero attached hydrogens (tertiary/aromatic N) is 2. The number of benzene rings is 4. The Labute approximate surface area is 351 Å². The van der Waals surface area contributed by atoms with Crippen molar-refractivity contribution in [1.82, 2.24) is 20.6 Å². The Kier molecular flexibility index (Phi) is 10.2. The zero-order valence-corrected chi connectivity index (χ0v) is 34.6. The van der Waals surface area contributed by atoms with Crippen LogP contribution in [0.5, 0.6) is 0 Å². The standard InChI is InChI=1S/2C26H25N3O/c1-15-10-25(27)29-16(2)24(15)14-28-26(30)18-8-9-20-22(11-18)19-12-21(23(20)13-19)17-6-4-3-5-7-17;1-15-10-25(27)29-16(2)24(15)14-28-26(30)18-8-9-20-19-12-21(17-6-4-3-5-7-17)23(13-19)22(20)11-18/h2*3-12,19,23H,13-14H2,1-2H3,(H2,27,29)(H,28,30). The fourth-order valence-corrected chi connectivity index (χ4v) is 10.0. The van der Waals surface area contributed by atoms with Gasteiger partial charge >= 0.3 is 0 Å². The molecule has 8 heteroatoms. The van der Waals surface area contributed by atoms with Gasteiger partial charge < -0.3 is 22.1 Å². The van der Waals surface area contributed by atoms with Gasteiger partial charge in [0.15, 0.2) is 0 Å². The van der Waals surface area contributed by atoms with Gasteiger partial charge in [0.1, 0.15) is 11.6 Å². The number of nitrogen functional groups attached to an aromatic ring is 2. The van der Waals surface area contributed by atoms with E-state index in [4.69, 9.17) is 11.5 Å². The number of pyridine rings is 2. The van der Waals surface area contributed by atoms with Gasteiger partial charge in [0.2, 0.25) is 0 Å². The second kappa shape index (κ2) is 15.8. The molecule has 60 heavy (non-hydrogen) atoms. The summed E-state index contributed by atoms with van der Waals surface area (Å²) in [6.45, 7) is 8.74. The van der Waals surface area contributed by atoms with Crippen LogP contribution in [-0.4, -0.2) is 21.8 Å². The molecule has 300 valence electrons. The van der Waals surface area contributed by atoms with Crippen LogP contribution in [0.25, 0.3) is 11.1 Å². The number of hydrogen-bond acceptors (Lipinski definition) is 6. The van der Waals surface area contributed by atoms with Gasteiger partial charge in [0.25, 0.3) is 11.8 Å². The first kappa shape index (κ1) is 38.7. The third-order valence-corrected chi connectivity index (χ3v) is 13.0. The highest BCUT2D eigenvalue weighted by Gasteiger charge is 2.40. The molecule has 4 aliphatic rings. The summed E-state index contributed by atoms with van der Waals surface area (Å²) in [7, 11) is 0. The van der Waals surface area contributed by atoms with E-state index in [0.717, 1.165) is 52.0 Å². The van der Waals surface area contributed by atoms with E-state index in [1.54, 1.807) is 0 Å². The molecule has 4 unspecified atom stereocenters. The lowest BCUT2D eigenvalue weighted by atomic mass is 9.86. The summed E-state index contributed by atoms with van der Waals surface area (Å²) >= 11 is 0. The molecule has 2 amide bonds. The molecule has 10 rings (SSSR count). The smallest absolute Gasteiger partial charge is 0.251 e. The number of fused-ring (bicyclic) bond motifs is 10. The zero-order valence-electron chi connectivity index (χ0n) is 34.6. The van der Waals surface area contributed by atoms with E-state index in [9.17, 15) is 9.59 Å². The average molecular weight is 791 g/mol. The number of hydrogen-bond donors (Lipinski definition) is 4. The van der Waals surface area contributed by atoms with Crippen molar-refractivity contribution in [2.24, 2.45) is 0 Å². The Morgan fingerprint density at radius 3 is 1.47 bits per heavy atom. The van der Waals surface area contributed by atoms with E-state index in [1.807, 2.05) is 58.0 Å². The van der Waals surface area contributed by atoms with Crippen molar-refractivity contribution in [3.05, 3.63) is 199 Å². The quantitative estimate of drug-likeness (QED) is 0.121. The fraction of sp³-hybridized carbons (Fsp3) is 0.231. The summed E-state index contributed by atoms with van der Waals surface area (Å²) in [6, 6.07) is 37.2. The number of nitrogens with two attached hydrogens (primary N) is 2. The molecule has 4 atom stereocenters. The Morgan fingerprint density at radius 1 is 0.550 bits per heavy atom. The van der Waals surface area contributed by atoms with Crippen LogP contribution in [0, 0.1) is 27.7 Å². The first-order valence-corrected chi connectivity index (χ1v) is 20.9. The molecular weight excluding hydrogens is 741 g/mol. The van der Waals surface area contributed by atoms with Crippen LogP contribution < -0.4 is 22.1 Å². The van der Waals surface area contributed by atoms with E-state index in [2.05, 4.69) is 112 Å². The first-order chi connectivity index (χ1) is 29.0. The van der Waals surface area contributed by atoms with E-state index >= 15 is 0 Å². The SMILES string of the molecule is Cc1cc(N)nc(C)c1CNC(=O)c1ccc2c(c1)C1C=C(c3ccccc3)C2C1.Cc1cc(N)nc(C)c1CNC(=O)c1ccc2c(c1)C1CC2C=C1c1ccccc1. The number of allylic oxidation sites excluding steroid dienone is 4. The topological polar surface area (TPSA) is 136 Å². The number of carbonyl (C=O) groups is 2. The van der Waals surface area contributed by atoms with Crippen molar-refractivity contribution in [2.75, 3.05) is 11.5 Å². The third-order valence-electron chi connectivity index (χ3n) is 13.0. The molecule has 2 heterocycles. The van der Waals surface area contributed by atoms with E-state index in [-0.39, 0.29) is 11.8 Å². The fourth-order valence-electron chi connectivity index (χ4n) is 10.0. The normalized spacial score (nSPS) is 18.8. The van der Waals surface area contributed by atoms with Crippen molar-refractivity contribution in [3.63, 3.8) is 0 Å². The predicted molar refractivity (Wildman–Crippen MR) is 241 cm³/mol. The summed E-state index contributed by atoms with van der Waals surface area (Å²) in [6.07, 6.45) is 7.01. The molecular formula is C52H50N6O2. The maximum absolute atomic E-state index is 12.9. The van der Waals surface area contributed by atoms with Crippen LogP contribution in [0.3, 0.4) is 0 Å². The second-order valence-electron chi connectivity index (χ2n) is 16.7. The maximum Gasteiger partial charge on any atom is 0.251 e. The molecule has 0 radical (unpaired) electrons. The zero-order chi connectivity index (χ0) is 41.7. The summed E-state index contributed by atoms with van der Waals surface area (Å²) in [5, 5.41) is 6.11. The minimum absolute atomic E-state index is 0.0524. The molecule has 6 N–H and O–H groups in total. The first-order valence-electron chi connectivity index (χ1n) is 20.9. The summed E-state index contributed by atoms with van der Waals surface area (Å²) < 4.78 is 0. The van der Waals surface area contributed by atoms with E-state index in [1.165, 1.54) is 44.5 Å². The number of anilines is 2. The van der Waals surface area contributed by atoms with Gasteiger partial charge in [-0.2, -0.15) is 0 Å². The van der Waals surface area contributed by atoms with Gasteiger partial charge in [-0.3, -0.25) is 9.59 Å². The average Bonchev–Trinajstić information content (AvgIpc) is 4.04. The lowest BCUT2D eigenvalue weighted by molar-refractivity contribution is 0.0942. The van der Waals surface area contributed by atoms with Gasteiger partial charge in [-0.25, -0.2) is 9.97 Å². The number of nitrogens with one attached hydrogen (secondary N) is 2. The van der Waals surface area contributed by atoms with Crippen molar-refractivity contribution in [3.8, 4) is 0 Å². The molecule has 0 fully saturated rings. The Morgan fingerprint density at radius 2 is 0.983 bits per heavy atom. The van der Waals surface area contributed by atoms with Gasteiger partial charge in [-0.05, 0) is 144 Å². The van der Waals surface area contributed by atoms with Crippen LogP contribution >= 0.6 is 0 Å². The minimum Gasteiger partial charge on any atom is -0.384 e. The van der Waals surface area contributed by atoms with Gasteiger partial charge in [-0.15, -0.1) is 0 Å². The lowest BCUT2D eigenvalue weighted by Gasteiger charge is -2.19. The van der Waals surface area contributed by atoms with Crippen LogP contribution in [-0.2, 0) is 13.1 Å².